The van der Waals surface area contributed by atoms with Crippen LogP contribution in [0.25, 0.3) is 10.9 Å². The molecule has 21 heavy (non-hydrogen) atoms. The van der Waals surface area contributed by atoms with Crippen LogP contribution < -0.4 is 5.32 Å². The second-order valence-corrected chi connectivity index (χ2v) is 5.41. The van der Waals surface area contributed by atoms with Crippen molar-refractivity contribution in [3.63, 3.8) is 0 Å². The average molecular weight is 282 g/mol. The van der Waals surface area contributed by atoms with Crippen LogP contribution in [0, 0.1) is 19.7 Å². The van der Waals surface area contributed by atoms with Gasteiger partial charge < -0.3 is 9.88 Å². The zero-order valence-electron chi connectivity index (χ0n) is 12.6. The fraction of sp³-hybridized carbons (Fsp3) is 0.222. The highest BCUT2D eigenvalue weighted by Crippen LogP contribution is 2.26. The maximum atomic E-state index is 13.6. The second kappa shape index (κ2) is 5.24. The monoisotopic (exact) mass is 282 g/mol. The molecule has 0 unspecified atom stereocenters. The normalized spacial score (nSPS) is 11.0. The van der Waals surface area contributed by atoms with Crippen molar-refractivity contribution in [2.45, 2.75) is 20.4 Å². The number of nitrogens with zero attached hydrogens (tertiary/aromatic N) is 1. The summed E-state index contributed by atoms with van der Waals surface area (Å²) < 4.78 is 15.8. The van der Waals surface area contributed by atoms with Crippen LogP contribution in [0.15, 0.2) is 42.5 Å². The van der Waals surface area contributed by atoms with Gasteiger partial charge in [0.05, 0.1) is 6.54 Å². The lowest BCUT2D eigenvalue weighted by Crippen LogP contribution is -2.07. The van der Waals surface area contributed by atoms with Crippen LogP contribution in [-0.4, -0.2) is 4.57 Å². The standard InChI is InChI=1S/C18H19FN2/c1-12-14-7-4-5-10-17(14)21(3)18(12)11-20-16-9-6-8-15(19)13(16)2/h4-10,20H,11H2,1-3H3. The highest BCUT2D eigenvalue weighted by atomic mass is 19.1. The number of nitrogens with one attached hydrogen (secondary N) is 1. The van der Waals surface area contributed by atoms with E-state index in [0.29, 0.717) is 12.1 Å². The van der Waals surface area contributed by atoms with Gasteiger partial charge in [0.1, 0.15) is 5.82 Å². The Hall–Kier alpha value is -2.29. The summed E-state index contributed by atoms with van der Waals surface area (Å²) in [7, 11) is 2.07. The molecule has 0 atom stereocenters. The molecule has 3 rings (SSSR count). The summed E-state index contributed by atoms with van der Waals surface area (Å²) >= 11 is 0. The first kappa shape index (κ1) is 13.7. The number of anilines is 1. The van der Waals surface area contributed by atoms with E-state index in [0.717, 1.165) is 5.69 Å². The Kier molecular flexibility index (Phi) is 3.42. The third-order valence-corrected chi connectivity index (χ3v) is 4.22. The molecule has 1 N–H and O–H groups in total. The number of benzene rings is 2. The summed E-state index contributed by atoms with van der Waals surface area (Å²) in [5.41, 5.74) is 5.23. The van der Waals surface area contributed by atoms with Gasteiger partial charge in [-0.05, 0) is 37.6 Å². The Morgan fingerprint density at radius 3 is 2.52 bits per heavy atom. The van der Waals surface area contributed by atoms with Gasteiger partial charge in [-0.2, -0.15) is 0 Å². The largest absolute Gasteiger partial charge is 0.379 e. The number of fused-ring (bicyclic) bond motifs is 1. The molecule has 0 spiro atoms. The number of aromatic nitrogens is 1. The van der Waals surface area contributed by atoms with Gasteiger partial charge in [-0.3, -0.25) is 0 Å². The lowest BCUT2D eigenvalue weighted by molar-refractivity contribution is 0.619. The van der Waals surface area contributed by atoms with Crippen LogP contribution in [0.5, 0.6) is 0 Å². The number of halogens is 1. The van der Waals surface area contributed by atoms with Crippen LogP contribution in [0.1, 0.15) is 16.8 Å². The van der Waals surface area contributed by atoms with Crippen LogP contribution in [0.2, 0.25) is 0 Å². The minimum absolute atomic E-state index is 0.172. The van der Waals surface area contributed by atoms with E-state index in [1.165, 1.54) is 28.2 Å². The summed E-state index contributed by atoms with van der Waals surface area (Å²) in [4.78, 5) is 0. The van der Waals surface area contributed by atoms with E-state index >= 15 is 0 Å². The molecule has 0 amide bonds. The topological polar surface area (TPSA) is 17.0 Å². The molecule has 0 bridgehead atoms. The number of para-hydroxylation sites is 1. The summed E-state index contributed by atoms with van der Waals surface area (Å²) in [6.07, 6.45) is 0. The predicted molar refractivity (Wildman–Crippen MR) is 86.1 cm³/mol. The Labute approximate surface area is 124 Å². The van der Waals surface area contributed by atoms with Crippen molar-refractivity contribution in [1.82, 2.24) is 4.57 Å². The lowest BCUT2D eigenvalue weighted by Gasteiger charge is -2.12. The van der Waals surface area contributed by atoms with Crippen molar-refractivity contribution in [3.8, 4) is 0 Å². The van der Waals surface area contributed by atoms with Crippen LogP contribution in [-0.2, 0) is 13.6 Å². The maximum absolute atomic E-state index is 13.6. The number of hydrogen-bond donors (Lipinski definition) is 1. The minimum atomic E-state index is -0.172. The SMILES string of the molecule is Cc1c(F)cccc1NCc1c(C)c2ccccc2n1C. The molecule has 1 heterocycles. The summed E-state index contributed by atoms with van der Waals surface area (Å²) in [6, 6.07) is 13.5. The number of aryl methyl sites for hydroxylation is 2. The second-order valence-electron chi connectivity index (χ2n) is 5.41. The third-order valence-electron chi connectivity index (χ3n) is 4.22. The molecule has 0 aliphatic carbocycles. The van der Waals surface area contributed by atoms with E-state index in [9.17, 15) is 4.39 Å². The molecule has 2 aromatic carbocycles. The molecule has 0 radical (unpaired) electrons. The molecular weight excluding hydrogens is 263 g/mol. The maximum Gasteiger partial charge on any atom is 0.128 e. The number of rotatable bonds is 3. The molecule has 0 saturated heterocycles. The van der Waals surface area contributed by atoms with Crippen LogP contribution in [0.4, 0.5) is 10.1 Å². The highest BCUT2D eigenvalue weighted by molar-refractivity contribution is 5.85. The molecular formula is C18H19FN2. The van der Waals surface area contributed by atoms with Crippen molar-refractivity contribution < 1.29 is 4.39 Å². The summed E-state index contributed by atoms with van der Waals surface area (Å²) in [5.74, 6) is -0.172. The molecule has 0 aliphatic heterocycles. The fourth-order valence-electron chi connectivity index (χ4n) is 2.86. The van der Waals surface area contributed by atoms with E-state index in [-0.39, 0.29) is 5.82 Å². The third kappa shape index (κ3) is 2.29. The van der Waals surface area contributed by atoms with Gasteiger partial charge in [0.2, 0.25) is 0 Å². The van der Waals surface area contributed by atoms with E-state index in [1.54, 1.807) is 13.0 Å². The highest BCUT2D eigenvalue weighted by Gasteiger charge is 2.11. The quantitative estimate of drug-likeness (QED) is 0.746. The first-order valence-corrected chi connectivity index (χ1v) is 7.11. The van der Waals surface area contributed by atoms with Gasteiger partial charge in [-0.25, -0.2) is 4.39 Å². The smallest absolute Gasteiger partial charge is 0.128 e. The van der Waals surface area contributed by atoms with Gasteiger partial charge in [0.15, 0.2) is 0 Å². The van der Waals surface area contributed by atoms with Crippen molar-refractivity contribution >= 4 is 16.6 Å². The Balaban J connectivity index is 1.94. The van der Waals surface area contributed by atoms with Gasteiger partial charge >= 0.3 is 0 Å². The molecule has 3 heteroatoms. The fourth-order valence-corrected chi connectivity index (χ4v) is 2.86. The Morgan fingerprint density at radius 2 is 1.76 bits per heavy atom. The van der Waals surface area contributed by atoms with Crippen molar-refractivity contribution in [3.05, 3.63) is 65.1 Å². The number of hydrogen-bond acceptors (Lipinski definition) is 1. The molecule has 1 aromatic heterocycles. The molecule has 108 valence electrons. The van der Waals surface area contributed by atoms with Crippen molar-refractivity contribution in [2.24, 2.45) is 7.05 Å². The first-order chi connectivity index (χ1) is 10.1. The summed E-state index contributed by atoms with van der Waals surface area (Å²) in [5, 5.41) is 4.62. The Bertz CT molecular complexity index is 763. The molecule has 0 saturated carbocycles. The molecule has 2 nitrogen and oxygen atoms in total. The van der Waals surface area contributed by atoms with E-state index in [2.05, 4.69) is 48.1 Å². The van der Waals surface area contributed by atoms with Crippen molar-refractivity contribution in [2.75, 3.05) is 5.32 Å². The molecule has 0 fully saturated rings. The Morgan fingerprint density at radius 1 is 1.00 bits per heavy atom. The van der Waals surface area contributed by atoms with Gasteiger partial charge in [0.25, 0.3) is 0 Å². The van der Waals surface area contributed by atoms with Crippen molar-refractivity contribution in [1.29, 1.82) is 0 Å². The van der Waals surface area contributed by atoms with Gasteiger partial charge in [-0.15, -0.1) is 0 Å². The average Bonchev–Trinajstić information content (AvgIpc) is 2.73. The van der Waals surface area contributed by atoms with E-state index < -0.39 is 0 Å². The van der Waals surface area contributed by atoms with Crippen LogP contribution >= 0.6 is 0 Å². The summed E-state index contributed by atoms with van der Waals surface area (Å²) in [6.45, 7) is 4.62. The molecule has 0 aliphatic rings. The minimum Gasteiger partial charge on any atom is -0.379 e. The van der Waals surface area contributed by atoms with Gasteiger partial charge in [0, 0.05) is 34.9 Å². The van der Waals surface area contributed by atoms with Crippen LogP contribution in [0.3, 0.4) is 0 Å². The zero-order chi connectivity index (χ0) is 15.0. The predicted octanol–water partition coefficient (Wildman–Crippen LogP) is 4.55. The zero-order valence-corrected chi connectivity index (χ0v) is 12.6. The molecule has 3 aromatic rings. The lowest BCUT2D eigenvalue weighted by atomic mass is 10.1. The van der Waals surface area contributed by atoms with E-state index in [4.69, 9.17) is 0 Å². The van der Waals surface area contributed by atoms with Gasteiger partial charge in [-0.1, -0.05) is 24.3 Å². The first-order valence-electron chi connectivity index (χ1n) is 7.11. The van der Waals surface area contributed by atoms with E-state index in [1.807, 2.05) is 6.07 Å².